The summed E-state index contributed by atoms with van der Waals surface area (Å²) >= 11 is 0. The average Bonchev–Trinajstić information content (AvgIpc) is 2.87. The molecule has 0 N–H and O–H groups in total. The zero-order valence-electron chi connectivity index (χ0n) is 16.7. The lowest BCUT2D eigenvalue weighted by Gasteiger charge is -2.32. The molecule has 1 fully saturated rings. The first-order valence-electron chi connectivity index (χ1n) is 9.36. The van der Waals surface area contributed by atoms with Gasteiger partial charge < -0.3 is 14.0 Å². The van der Waals surface area contributed by atoms with Gasteiger partial charge in [-0.05, 0) is 57.5 Å². The number of carbonyl (C=O) groups excluding carboxylic acids is 1. The van der Waals surface area contributed by atoms with E-state index in [2.05, 4.69) is 0 Å². The molecule has 142 valence electrons. The molecule has 0 saturated carbocycles. The fraction of sp³-hybridized carbons (Fsp3) is 0.409. The predicted octanol–water partition coefficient (Wildman–Crippen LogP) is 4.93. The molecule has 1 saturated heterocycles. The van der Waals surface area contributed by atoms with Crippen LogP contribution in [0.2, 0.25) is 5.82 Å². The third-order valence-corrected chi connectivity index (χ3v) is 5.48. The highest BCUT2D eigenvalue weighted by atomic mass is 16.7. The van der Waals surface area contributed by atoms with Crippen molar-refractivity contribution in [2.45, 2.75) is 58.2 Å². The van der Waals surface area contributed by atoms with Crippen molar-refractivity contribution in [3.63, 3.8) is 0 Å². The second kappa shape index (κ2) is 7.49. The first-order chi connectivity index (χ1) is 12.7. The Kier molecular flexibility index (Phi) is 5.45. The molecule has 1 unspecified atom stereocenters. The van der Waals surface area contributed by atoms with Crippen LogP contribution < -0.4 is 4.74 Å². The molecule has 0 spiro atoms. The Labute approximate surface area is 162 Å². The van der Waals surface area contributed by atoms with Gasteiger partial charge >= 0.3 is 7.12 Å². The smallest absolute Gasteiger partial charge is 0.469 e. The fourth-order valence-electron chi connectivity index (χ4n) is 2.94. The summed E-state index contributed by atoms with van der Waals surface area (Å²) in [7, 11) is -0.545. The molecule has 0 radical (unpaired) electrons. The number of ether oxygens (including phenoxy) is 1. The van der Waals surface area contributed by atoms with E-state index in [1.165, 1.54) is 0 Å². The van der Waals surface area contributed by atoms with Crippen molar-refractivity contribution in [2.24, 2.45) is 0 Å². The predicted molar refractivity (Wildman–Crippen MR) is 107 cm³/mol. The van der Waals surface area contributed by atoms with Crippen LogP contribution in [0.3, 0.4) is 0 Å². The minimum Gasteiger partial charge on any atom is -0.489 e. The van der Waals surface area contributed by atoms with Gasteiger partial charge in [-0.3, -0.25) is 4.79 Å². The second-order valence-electron chi connectivity index (χ2n) is 8.08. The van der Waals surface area contributed by atoms with Gasteiger partial charge in [-0.2, -0.15) is 0 Å². The number of Topliss-reactive ketones (excluding diaryl/α,β-unsaturated/α-hetero) is 1. The summed E-state index contributed by atoms with van der Waals surface area (Å²) in [5.41, 5.74) is 0.846. The minimum absolute atomic E-state index is 0.00288. The molecule has 1 atom stereocenters. The molecule has 1 aliphatic rings. The maximum Gasteiger partial charge on any atom is 0.469 e. The van der Waals surface area contributed by atoms with E-state index in [0.29, 0.717) is 12.2 Å². The van der Waals surface area contributed by atoms with Gasteiger partial charge in [0.2, 0.25) is 0 Å². The number of ketones is 1. The van der Waals surface area contributed by atoms with E-state index in [0.717, 1.165) is 11.3 Å². The SMILES string of the molecule is CC(B1OC(C)(C)C(C)(C)O1)C(=O)c1ccc(OCc2ccccc2)cc1. The fourth-order valence-corrected chi connectivity index (χ4v) is 2.94. The van der Waals surface area contributed by atoms with E-state index in [1.807, 2.05) is 77.1 Å². The van der Waals surface area contributed by atoms with Crippen molar-refractivity contribution in [2.75, 3.05) is 0 Å². The Bertz CT molecular complexity index is 768. The van der Waals surface area contributed by atoms with E-state index >= 15 is 0 Å². The van der Waals surface area contributed by atoms with Crippen LogP contribution in [-0.2, 0) is 15.9 Å². The van der Waals surface area contributed by atoms with Crippen molar-refractivity contribution in [3.05, 3.63) is 65.7 Å². The van der Waals surface area contributed by atoms with Crippen molar-refractivity contribution in [1.29, 1.82) is 0 Å². The summed E-state index contributed by atoms with van der Waals surface area (Å²) in [6.45, 7) is 10.3. The van der Waals surface area contributed by atoms with E-state index in [4.69, 9.17) is 14.0 Å². The average molecular weight is 366 g/mol. The highest BCUT2D eigenvalue weighted by molar-refractivity contribution is 6.53. The number of hydrogen-bond acceptors (Lipinski definition) is 4. The molecule has 5 heteroatoms. The lowest BCUT2D eigenvalue weighted by molar-refractivity contribution is 0.00578. The Morgan fingerprint density at radius 2 is 1.52 bits per heavy atom. The van der Waals surface area contributed by atoms with Crippen LogP contribution in [0.25, 0.3) is 0 Å². The van der Waals surface area contributed by atoms with Crippen LogP contribution in [0.4, 0.5) is 0 Å². The normalized spacial score (nSPS) is 18.9. The lowest BCUT2D eigenvalue weighted by atomic mass is 9.69. The third kappa shape index (κ3) is 4.25. The highest BCUT2D eigenvalue weighted by Gasteiger charge is 2.54. The minimum atomic E-state index is -0.545. The summed E-state index contributed by atoms with van der Waals surface area (Å²) in [5, 5.41) is 0. The Morgan fingerprint density at radius 1 is 0.963 bits per heavy atom. The molecule has 0 bridgehead atoms. The molecule has 0 amide bonds. The maximum absolute atomic E-state index is 12.8. The van der Waals surface area contributed by atoms with Crippen molar-refractivity contribution < 1.29 is 18.8 Å². The lowest BCUT2D eigenvalue weighted by Crippen LogP contribution is -2.41. The molecule has 0 aliphatic carbocycles. The number of carbonyl (C=O) groups is 1. The van der Waals surface area contributed by atoms with E-state index in [1.54, 1.807) is 12.1 Å². The Morgan fingerprint density at radius 3 is 2.07 bits per heavy atom. The van der Waals surface area contributed by atoms with Gasteiger partial charge in [0.15, 0.2) is 5.78 Å². The molecular formula is C22H27BO4. The maximum atomic E-state index is 12.8. The number of rotatable bonds is 6. The largest absolute Gasteiger partial charge is 0.489 e. The summed E-state index contributed by atoms with van der Waals surface area (Å²) in [4.78, 5) is 12.8. The zero-order chi connectivity index (χ0) is 19.7. The molecular weight excluding hydrogens is 339 g/mol. The molecule has 4 nitrogen and oxygen atoms in total. The van der Waals surface area contributed by atoms with E-state index in [9.17, 15) is 4.79 Å². The van der Waals surface area contributed by atoms with Crippen LogP contribution >= 0.6 is 0 Å². The molecule has 1 aliphatic heterocycles. The van der Waals surface area contributed by atoms with Gasteiger partial charge in [-0.25, -0.2) is 0 Å². The van der Waals surface area contributed by atoms with Gasteiger partial charge in [0.05, 0.1) is 17.0 Å². The molecule has 3 rings (SSSR count). The van der Waals surface area contributed by atoms with Crippen molar-refractivity contribution in [3.8, 4) is 5.75 Å². The summed E-state index contributed by atoms with van der Waals surface area (Å²) in [5.74, 6) is 0.351. The van der Waals surface area contributed by atoms with Gasteiger partial charge in [0.25, 0.3) is 0 Å². The standard InChI is InChI=1S/C22H27BO4/c1-16(23-26-21(2,3)22(4,5)27-23)20(24)18-11-13-19(14-12-18)25-15-17-9-7-6-8-10-17/h6-14,16H,15H2,1-5H3. The van der Waals surface area contributed by atoms with Crippen LogP contribution in [0, 0.1) is 0 Å². The van der Waals surface area contributed by atoms with Gasteiger partial charge in [0, 0.05) is 5.56 Å². The first-order valence-corrected chi connectivity index (χ1v) is 9.36. The van der Waals surface area contributed by atoms with Gasteiger partial charge in [-0.1, -0.05) is 37.3 Å². The topological polar surface area (TPSA) is 44.8 Å². The molecule has 2 aromatic rings. The van der Waals surface area contributed by atoms with Gasteiger partial charge in [-0.15, -0.1) is 0 Å². The van der Waals surface area contributed by atoms with Crippen LogP contribution in [0.1, 0.15) is 50.5 Å². The van der Waals surface area contributed by atoms with Crippen molar-refractivity contribution >= 4 is 12.9 Å². The van der Waals surface area contributed by atoms with Crippen LogP contribution in [0.15, 0.2) is 54.6 Å². The summed E-state index contributed by atoms with van der Waals surface area (Å²) < 4.78 is 17.8. The van der Waals surface area contributed by atoms with Crippen molar-refractivity contribution in [1.82, 2.24) is 0 Å². The zero-order valence-corrected chi connectivity index (χ0v) is 16.7. The van der Waals surface area contributed by atoms with Crippen LogP contribution in [0.5, 0.6) is 5.75 Å². The molecule has 27 heavy (non-hydrogen) atoms. The highest BCUT2D eigenvalue weighted by Crippen LogP contribution is 2.40. The third-order valence-electron chi connectivity index (χ3n) is 5.48. The summed E-state index contributed by atoms with van der Waals surface area (Å²) in [6.07, 6.45) is 0. The van der Waals surface area contributed by atoms with E-state index < -0.39 is 18.3 Å². The monoisotopic (exact) mass is 366 g/mol. The Balaban J connectivity index is 1.62. The number of benzene rings is 2. The second-order valence-corrected chi connectivity index (χ2v) is 8.08. The van der Waals surface area contributed by atoms with E-state index in [-0.39, 0.29) is 11.6 Å². The molecule has 1 heterocycles. The molecule has 0 aromatic heterocycles. The summed E-state index contributed by atoms with van der Waals surface area (Å²) in [6, 6.07) is 17.2. The molecule has 2 aromatic carbocycles. The quantitative estimate of drug-likeness (QED) is 0.537. The van der Waals surface area contributed by atoms with Crippen LogP contribution in [-0.4, -0.2) is 24.1 Å². The Hall–Kier alpha value is -2.11. The number of hydrogen-bond donors (Lipinski definition) is 0. The van der Waals surface area contributed by atoms with Gasteiger partial charge in [0.1, 0.15) is 12.4 Å². The first kappa shape index (κ1) is 19.7.